The number of fused-ring (bicyclic) bond motifs is 1. The molecule has 1 fully saturated rings. The normalized spacial score (nSPS) is 15.0. The van der Waals surface area contributed by atoms with E-state index in [2.05, 4.69) is 39.1 Å². The minimum absolute atomic E-state index is 0.824. The van der Waals surface area contributed by atoms with Crippen molar-refractivity contribution in [1.29, 1.82) is 0 Å². The third-order valence-electron chi connectivity index (χ3n) is 4.61. The van der Waals surface area contributed by atoms with E-state index in [1.54, 1.807) is 18.4 Å². The van der Waals surface area contributed by atoms with Crippen molar-refractivity contribution in [2.24, 2.45) is 0 Å². The molecule has 25 heavy (non-hydrogen) atoms. The standard InChI is InChI=1S/C18H21N5OS/c1-12-11-16(19-17-14(12)5-4-6-15(17)24-3)22-7-9-23(10-8-22)18-21-20-13(2)25-18/h4-6,11H,7-10H2,1-3H3. The number of rotatable bonds is 3. The number of pyridine rings is 1. The van der Waals surface area contributed by atoms with Gasteiger partial charge >= 0.3 is 0 Å². The Morgan fingerprint density at radius 1 is 1.04 bits per heavy atom. The minimum Gasteiger partial charge on any atom is -0.494 e. The van der Waals surface area contributed by atoms with Gasteiger partial charge in [0.15, 0.2) is 0 Å². The van der Waals surface area contributed by atoms with Gasteiger partial charge in [0.1, 0.15) is 22.1 Å². The summed E-state index contributed by atoms with van der Waals surface area (Å²) >= 11 is 1.65. The van der Waals surface area contributed by atoms with E-state index in [4.69, 9.17) is 9.72 Å². The molecule has 0 radical (unpaired) electrons. The Bertz CT molecular complexity index is 902. The fourth-order valence-electron chi connectivity index (χ4n) is 3.24. The number of hydrogen-bond acceptors (Lipinski definition) is 7. The molecule has 6 nitrogen and oxygen atoms in total. The highest BCUT2D eigenvalue weighted by atomic mass is 32.1. The molecule has 1 aliphatic heterocycles. The van der Waals surface area contributed by atoms with Crippen LogP contribution >= 0.6 is 11.3 Å². The number of piperazine rings is 1. The molecular formula is C18H21N5OS. The van der Waals surface area contributed by atoms with Crippen LogP contribution in [0.15, 0.2) is 24.3 Å². The maximum Gasteiger partial charge on any atom is 0.208 e. The molecule has 0 unspecified atom stereocenters. The SMILES string of the molecule is COc1cccc2c(C)cc(N3CCN(c4nnc(C)s4)CC3)nc12. The first kappa shape index (κ1) is 16.1. The van der Waals surface area contributed by atoms with Crippen LogP contribution in [-0.4, -0.2) is 48.5 Å². The molecule has 3 aromatic rings. The molecule has 0 amide bonds. The van der Waals surface area contributed by atoms with Gasteiger partial charge < -0.3 is 14.5 Å². The molecule has 0 spiro atoms. The molecule has 1 aromatic carbocycles. The van der Waals surface area contributed by atoms with Gasteiger partial charge in [0.2, 0.25) is 5.13 Å². The third kappa shape index (κ3) is 3.00. The first-order chi connectivity index (χ1) is 12.2. The summed E-state index contributed by atoms with van der Waals surface area (Å²) in [6.45, 7) is 7.83. The third-order valence-corrected chi connectivity index (χ3v) is 5.50. The molecule has 2 aromatic heterocycles. The number of anilines is 2. The van der Waals surface area contributed by atoms with Crippen molar-refractivity contribution < 1.29 is 4.74 Å². The Hall–Kier alpha value is -2.41. The zero-order valence-electron chi connectivity index (χ0n) is 14.7. The van der Waals surface area contributed by atoms with E-state index < -0.39 is 0 Å². The molecule has 0 N–H and O–H groups in total. The number of aromatic nitrogens is 3. The second-order valence-corrected chi connectivity index (χ2v) is 7.39. The molecule has 0 aliphatic carbocycles. The molecule has 0 saturated carbocycles. The van der Waals surface area contributed by atoms with E-state index in [0.29, 0.717) is 0 Å². The Labute approximate surface area is 151 Å². The van der Waals surface area contributed by atoms with Crippen molar-refractivity contribution in [3.8, 4) is 5.75 Å². The van der Waals surface area contributed by atoms with Crippen molar-refractivity contribution in [2.75, 3.05) is 43.1 Å². The first-order valence-corrected chi connectivity index (χ1v) is 9.22. The van der Waals surface area contributed by atoms with Gasteiger partial charge in [-0.15, -0.1) is 10.2 Å². The van der Waals surface area contributed by atoms with Crippen LogP contribution in [0.1, 0.15) is 10.6 Å². The molecule has 7 heteroatoms. The average molecular weight is 355 g/mol. The summed E-state index contributed by atoms with van der Waals surface area (Å²) in [4.78, 5) is 9.53. The van der Waals surface area contributed by atoms with E-state index in [1.165, 1.54) is 5.56 Å². The van der Waals surface area contributed by atoms with E-state index in [-0.39, 0.29) is 0 Å². The average Bonchev–Trinajstić information content (AvgIpc) is 3.08. The Balaban J connectivity index is 1.58. The van der Waals surface area contributed by atoms with Gasteiger partial charge in [-0.1, -0.05) is 23.5 Å². The van der Waals surface area contributed by atoms with Crippen LogP contribution in [0.3, 0.4) is 0 Å². The van der Waals surface area contributed by atoms with Gasteiger partial charge in [-0.05, 0) is 31.5 Å². The lowest BCUT2D eigenvalue weighted by Gasteiger charge is -2.35. The summed E-state index contributed by atoms with van der Waals surface area (Å²) in [5, 5.41) is 11.5. The lowest BCUT2D eigenvalue weighted by Crippen LogP contribution is -2.46. The van der Waals surface area contributed by atoms with Gasteiger partial charge in [0.05, 0.1) is 7.11 Å². The monoisotopic (exact) mass is 355 g/mol. The fourth-order valence-corrected chi connectivity index (χ4v) is 3.98. The van der Waals surface area contributed by atoms with Crippen molar-refractivity contribution in [2.45, 2.75) is 13.8 Å². The number of para-hydroxylation sites is 1. The lowest BCUT2D eigenvalue weighted by atomic mass is 10.1. The fraction of sp³-hybridized carbons (Fsp3) is 0.389. The zero-order chi connectivity index (χ0) is 17.4. The Morgan fingerprint density at radius 3 is 2.48 bits per heavy atom. The smallest absolute Gasteiger partial charge is 0.208 e. The number of aryl methyl sites for hydroxylation is 2. The summed E-state index contributed by atoms with van der Waals surface area (Å²) in [6.07, 6.45) is 0. The molecule has 3 heterocycles. The van der Waals surface area contributed by atoms with Gasteiger partial charge in [-0.3, -0.25) is 0 Å². The summed E-state index contributed by atoms with van der Waals surface area (Å²) in [5.41, 5.74) is 2.16. The van der Waals surface area contributed by atoms with Gasteiger partial charge in [0, 0.05) is 31.6 Å². The predicted octanol–water partition coefficient (Wildman–Crippen LogP) is 3.04. The molecule has 130 valence electrons. The van der Waals surface area contributed by atoms with Gasteiger partial charge in [-0.25, -0.2) is 4.98 Å². The van der Waals surface area contributed by atoms with Crippen molar-refractivity contribution >= 4 is 33.2 Å². The second kappa shape index (κ2) is 6.48. The van der Waals surface area contributed by atoms with E-state index in [9.17, 15) is 0 Å². The Kier molecular flexibility index (Phi) is 4.17. The maximum absolute atomic E-state index is 5.50. The van der Waals surface area contributed by atoms with Crippen LogP contribution < -0.4 is 14.5 Å². The van der Waals surface area contributed by atoms with Crippen LogP contribution in [0.5, 0.6) is 5.75 Å². The number of benzene rings is 1. The van der Waals surface area contributed by atoms with Crippen LogP contribution in [0.2, 0.25) is 0 Å². The molecule has 0 atom stereocenters. The highest BCUT2D eigenvalue weighted by molar-refractivity contribution is 7.15. The highest BCUT2D eigenvalue weighted by Gasteiger charge is 2.21. The number of nitrogens with zero attached hydrogens (tertiary/aromatic N) is 5. The lowest BCUT2D eigenvalue weighted by molar-refractivity contribution is 0.419. The van der Waals surface area contributed by atoms with Crippen molar-refractivity contribution in [3.63, 3.8) is 0 Å². The zero-order valence-corrected chi connectivity index (χ0v) is 15.5. The minimum atomic E-state index is 0.824. The second-order valence-electron chi connectivity index (χ2n) is 6.23. The maximum atomic E-state index is 5.50. The van der Waals surface area contributed by atoms with E-state index >= 15 is 0 Å². The summed E-state index contributed by atoms with van der Waals surface area (Å²) < 4.78 is 5.50. The van der Waals surface area contributed by atoms with Crippen LogP contribution in [0.4, 0.5) is 10.9 Å². The van der Waals surface area contributed by atoms with E-state index in [0.717, 1.165) is 58.8 Å². The highest BCUT2D eigenvalue weighted by Crippen LogP contribution is 2.30. The van der Waals surface area contributed by atoms with Gasteiger partial charge in [-0.2, -0.15) is 0 Å². The first-order valence-electron chi connectivity index (χ1n) is 8.40. The van der Waals surface area contributed by atoms with Crippen molar-refractivity contribution in [3.05, 3.63) is 34.8 Å². The molecular weight excluding hydrogens is 334 g/mol. The summed E-state index contributed by atoms with van der Waals surface area (Å²) in [7, 11) is 1.70. The number of methoxy groups -OCH3 is 1. The Morgan fingerprint density at radius 2 is 1.80 bits per heavy atom. The number of hydrogen-bond donors (Lipinski definition) is 0. The summed E-state index contributed by atoms with van der Waals surface area (Å²) in [5.74, 6) is 1.84. The molecule has 1 saturated heterocycles. The largest absolute Gasteiger partial charge is 0.494 e. The quantitative estimate of drug-likeness (QED) is 0.720. The molecule has 1 aliphatic rings. The van der Waals surface area contributed by atoms with Crippen LogP contribution in [0.25, 0.3) is 10.9 Å². The molecule has 0 bridgehead atoms. The summed E-state index contributed by atoms with van der Waals surface area (Å²) in [6, 6.07) is 8.25. The predicted molar refractivity (Wildman–Crippen MR) is 102 cm³/mol. The van der Waals surface area contributed by atoms with E-state index in [1.807, 2.05) is 19.1 Å². The van der Waals surface area contributed by atoms with Crippen LogP contribution in [-0.2, 0) is 0 Å². The molecule has 4 rings (SSSR count). The van der Waals surface area contributed by atoms with Gasteiger partial charge in [0.25, 0.3) is 0 Å². The van der Waals surface area contributed by atoms with Crippen LogP contribution in [0, 0.1) is 13.8 Å². The topological polar surface area (TPSA) is 54.4 Å². The number of ether oxygens (including phenoxy) is 1. The van der Waals surface area contributed by atoms with Crippen molar-refractivity contribution in [1.82, 2.24) is 15.2 Å².